The SMILES string of the molecule is O=C(C[C@H]1CNCCO1)N(Cc1ccsc1)[C@@H]1CC12CCNCC2. The maximum atomic E-state index is 13.1. The highest BCUT2D eigenvalue weighted by Gasteiger charge is 2.57. The lowest BCUT2D eigenvalue weighted by Crippen LogP contribution is -2.44. The number of amides is 1. The lowest BCUT2D eigenvalue weighted by Gasteiger charge is -2.31. The predicted molar refractivity (Wildman–Crippen MR) is 95.0 cm³/mol. The zero-order chi connectivity index (χ0) is 16.4. The van der Waals surface area contributed by atoms with Crippen molar-refractivity contribution in [3.63, 3.8) is 0 Å². The Morgan fingerprint density at radius 2 is 2.21 bits per heavy atom. The molecule has 1 spiro atoms. The van der Waals surface area contributed by atoms with Gasteiger partial charge in [0, 0.05) is 25.7 Å². The Labute approximate surface area is 147 Å². The third kappa shape index (κ3) is 3.52. The molecule has 1 aromatic heterocycles. The number of nitrogens with zero attached hydrogens (tertiary/aromatic N) is 1. The van der Waals surface area contributed by atoms with Crippen LogP contribution in [0.4, 0.5) is 0 Å². The number of hydrogen-bond donors (Lipinski definition) is 2. The minimum atomic E-state index is 0.0268. The lowest BCUT2D eigenvalue weighted by molar-refractivity contribution is -0.136. The molecule has 1 amide bonds. The first-order chi connectivity index (χ1) is 11.8. The third-order valence-electron chi connectivity index (χ3n) is 5.78. The van der Waals surface area contributed by atoms with E-state index in [0.717, 1.165) is 32.7 Å². The Morgan fingerprint density at radius 1 is 1.33 bits per heavy atom. The molecule has 0 aromatic carbocycles. The Kier molecular flexibility index (Phi) is 4.90. The number of carbonyl (C=O) groups is 1. The maximum Gasteiger partial charge on any atom is 0.225 e. The van der Waals surface area contributed by atoms with E-state index < -0.39 is 0 Å². The smallest absolute Gasteiger partial charge is 0.225 e. The molecule has 132 valence electrons. The van der Waals surface area contributed by atoms with Crippen LogP contribution in [0.3, 0.4) is 0 Å². The zero-order valence-electron chi connectivity index (χ0n) is 14.1. The second-order valence-corrected chi connectivity index (χ2v) is 8.17. The van der Waals surface area contributed by atoms with Crippen molar-refractivity contribution in [2.75, 3.05) is 32.8 Å². The first-order valence-corrected chi connectivity index (χ1v) is 10.0. The van der Waals surface area contributed by atoms with Gasteiger partial charge in [-0.1, -0.05) is 0 Å². The second kappa shape index (κ2) is 7.12. The molecule has 6 heteroatoms. The standard InChI is InChI=1S/C18H27N3O2S/c22-17(9-15-11-20-6-7-23-15)21(12-14-1-8-24-13-14)16-10-18(16)2-4-19-5-3-18/h1,8,13,15-16,19-20H,2-7,9-12H2/t15-,16+/m0/s1. The fourth-order valence-corrected chi connectivity index (χ4v) is 4.90. The average molecular weight is 350 g/mol. The van der Waals surface area contributed by atoms with Gasteiger partial charge in [-0.2, -0.15) is 11.3 Å². The van der Waals surface area contributed by atoms with Crippen molar-refractivity contribution in [1.29, 1.82) is 0 Å². The van der Waals surface area contributed by atoms with Crippen molar-refractivity contribution in [2.24, 2.45) is 5.41 Å². The van der Waals surface area contributed by atoms with Gasteiger partial charge in [-0.05, 0) is 60.2 Å². The summed E-state index contributed by atoms with van der Waals surface area (Å²) in [5, 5.41) is 11.0. The van der Waals surface area contributed by atoms with Gasteiger partial charge < -0.3 is 20.3 Å². The zero-order valence-corrected chi connectivity index (χ0v) is 14.9. The van der Waals surface area contributed by atoms with Crippen LogP contribution in [0, 0.1) is 5.41 Å². The van der Waals surface area contributed by atoms with E-state index in [1.54, 1.807) is 11.3 Å². The molecule has 0 bridgehead atoms. The van der Waals surface area contributed by atoms with Crippen molar-refractivity contribution < 1.29 is 9.53 Å². The first-order valence-electron chi connectivity index (χ1n) is 9.10. The maximum absolute atomic E-state index is 13.1. The number of thiophene rings is 1. The summed E-state index contributed by atoms with van der Waals surface area (Å²) in [5.41, 5.74) is 1.63. The summed E-state index contributed by atoms with van der Waals surface area (Å²) < 4.78 is 5.75. The average Bonchev–Trinajstić information content (AvgIpc) is 3.05. The summed E-state index contributed by atoms with van der Waals surface area (Å²) in [5.74, 6) is 0.260. The van der Waals surface area contributed by atoms with Crippen LogP contribution in [0.2, 0.25) is 0 Å². The Balaban J connectivity index is 1.44. The van der Waals surface area contributed by atoms with Gasteiger partial charge in [0.2, 0.25) is 5.91 Å². The molecule has 0 unspecified atom stereocenters. The summed E-state index contributed by atoms with van der Waals surface area (Å²) in [4.78, 5) is 15.2. The number of morpholine rings is 1. The van der Waals surface area contributed by atoms with Gasteiger partial charge in [-0.15, -0.1) is 0 Å². The molecule has 3 heterocycles. The number of carbonyl (C=O) groups excluding carboxylic acids is 1. The van der Waals surface area contributed by atoms with Gasteiger partial charge in [0.05, 0.1) is 19.1 Å². The number of rotatable bonds is 5. The van der Waals surface area contributed by atoms with Gasteiger partial charge >= 0.3 is 0 Å². The minimum absolute atomic E-state index is 0.0268. The number of hydrogen-bond acceptors (Lipinski definition) is 5. The Bertz CT molecular complexity index is 551. The molecule has 2 N–H and O–H groups in total. The van der Waals surface area contributed by atoms with Gasteiger partial charge in [0.25, 0.3) is 0 Å². The largest absolute Gasteiger partial charge is 0.375 e. The quantitative estimate of drug-likeness (QED) is 0.848. The van der Waals surface area contributed by atoms with Crippen LogP contribution in [0.25, 0.3) is 0 Å². The lowest BCUT2D eigenvalue weighted by atomic mass is 9.93. The van der Waals surface area contributed by atoms with E-state index in [4.69, 9.17) is 4.74 Å². The molecule has 1 aliphatic carbocycles. The molecule has 24 heavy (non-hydrogen) atoms. The van der Waals surface area contributed by atoms with E-state index in [0.29, 0.717) is 24.5 Å². The molecule has 5 nitrogen and oxygen atoms in total. The normalized spacial score (nSPS) is 28.7. The monoisotopic (exact) mass is 349 g/mol. The van der Waals surface area contributed by atoms with Crippen LogP contribution < -0.4 is 10.6 Å². The topological polar surface area (TPSA) is 53.6 Å². The van der Waals surface area contributed by atoms with Crippen LogP contribution in [0.15, 0.2) is 16.8 Å². The molecule has 4 rings (SSSR count). The summed E-state index contributed by atoms with van der Waals surface area (Å²) >= 11 is 1.71. The van der Waals surface area contributed by atoms with Crippen LogP contribution in [0.1, 0.15) is 31.2 Å². The molecular formula is C18H27N3O2S. The summed E-state index contributed by atoms with van der Waals surface area (Å²) in [6, 6.07) is 2.56. The van der Waals surface area contributed by atoms with Gasteiger partial charge in [0.15, 0.2) is 0 Å². The molecule has 3 aliphatic rings. The van der Waals surface area contributed by atoms with Crippen molar-refractivity contribution >= 4 is 17.2 Å². The summed E-state index contributed by atoms with van der Waals surface area (Å²) in [6.45, 7) is 5.32. The van der Waals surface area contributed by atoms with Crippen LogP contribution in [-0.2, 0) is 16.1 Å². The van der Waals surface area contributed by atoms with Crippen molar-refractivity contribution in [1.82, 2.24) is 15.5 Å². The van der Waals surface area contributed by atoms with Crippen molar-refractivity contribution in [3.8, 4) is 0 Å². The second-order valence-electron chi connectivity index (χ2n) is 7.39. The highest BCUT2D eigenvalue weighted by molar-refractivity contribution is 7.07. The molecule has 2 aliphatic heterocycles. The van der Waals surface area contributed by atoms with E-state index in [1.807, 2.05) is 0 Å². The predicted octanol–water partition coefficient (Wildman–Crippen LogP) is 1.60. The first kappa shape index (κ1) is 16.5. The van der Waals surface area contributed by atoms with E-state index in [-0.39, 0.29) is 12.0 Å². The van der Waals surface area contributed by atoms with Crippen LogP contribution in [-0.4, -0.2) is 55.7 Å². The van der Waals surface area contributed by atoms with E-state index in [1.165, 1.54) is 24.8 Å². The fourth-order valence-electron chi connectivity index (χ4n) is 4.24. The molecular weight excluding hydrogens is 322 g/mol. The highest BCUT2D eigenvalue weighted by atomic mass is 32.1. The van der Waals surface area contributed by atoms with E-state index >= 15 is 0 Å². The van der Waals surface area contributed by atoms with Crippen LogP contribution in [0.5, 0.6) is 0 Å². The Morgan fingerprint density at radius 3 is 2.92 bits per heavy atom. The fraction of sp³-hybridized carbons (Fsp3) is 0.722. The van der Waals surface area contributed by atoms with E-state index in [9.17, 15) is 4.79 Å². The molecule has 0 radical (unpaired) electrons. The van der Waals surface area contributed by atoms with Crippen molar-refractivity contribution in [3.05, 3.63) is 22.4 Å². The minimum Gasteiger partial charge on any atom is -0.375 e. The molecule has 2 saturated heterocycles. The highest BCUT2D eigenvalue weighted by Crippen LogP contribution is 2.56. The number of ether oxygens (including phenoxy) is 1. The Hall–Kier alpha value is -0.950. The number of piperidine rings is 1. The van der Waals surface area contributed by atoms with Gasteiger partial charge in [-0.3, -0.25) is 4.79 Å². The third-order valence-corrected chi connectivity index (χ3v) is 6.51. The van der Waals surface area contributed by atoms with Crippen molar-refractivity contribution in [2.45, 2.75) is 44.4 Å². The van der Waals surface area contributed by atoms with E-state index in [2.05, 4.69) is 32.4 Å². The molecule has 1 saturated carbocycles. The van der Waals surface area contributed by atoms with Gasteiger partial charge in [-0.25, -0.2) is 0 Å². The number of nitrogens with one attached hydrogen (secondary N) is 2. The van der Waals surface area contributed by atoms with Gasteiger partial charge in [0.1, 0.15) is 0 Å². The molecule has 3 fully saturated rings. The van der Waals surface area contributed by atoms with Crippen LogP contribution >= 0.6 is 11.3 Å². The molecule has 1 aromatic rings. The molecule has 2 atom stereocenters. The summed E-state index contributed by atoms with van der Waals surface area (Å²) in [7, 11) is 0. The summed E-state index contributed by atoms with van der Waals surface area (Å²) in [6.07, 6.45) is 4.11.